The van der Waals surface area contributed by atoms with E-state index in [-0.39, 0.29) is 17.9 Å². The van der Waals surface area contributed by atoms with Crippen molar-refractivity contribution in [3.05, 3.63) is 64.2 Å². The molecule has 29 heavy (non-hydrogen) atoms. The van der Waals surface area contributed by atoms with Crippen LogP contribution < -0.4 is 14.4 Å². The molecule has 0 aromatic heterocycles. The van der Waals surface area contributed by atoms with E-state index in [2.05, 4.69) is 5.32 Å². The number of nitro groups is 1. The van der Waals surface area contributed by atoms with Crippen molar-refractivity contribution < 1.29 is 22.9 Å². The van der Waals surface area contributed by atoms with Gasteiger partial charge in [-0.2, -0.15) is 0 Å². The van der Waals surface area contributed by atoms with Crippen molar-refractivity contribution in [2.24, 2.45) is 0 Å². The summed E-state index contributed by atoms with van der Waals surface area (Å²) in [4.78, 5) is 23.0. The first kappa shape index (κ1) is 22.2. The lowest BCUT2D eigenvalue weighted by Crippen LogP contribution is -2.47. The number of nitrogens with one attached hydrogen (secondary N) is 1. The van der Waals surface area contributed by atoms with Gasteiger partial charge in [-0.1, -0.05) is 18.2 Å². The van der Waals surface area contributed by atoms with E-state index in [4.69, 9.17) is 4.74 Å². The number of carbonyl (C=O) groups is 1. The molecular formula is C19H23N3O6S. The molecule has 0 aliphatic carbocycles. The van der Waals surface area contributed by atoms with Gasteiger partial charge in [-0.15, -0.1) is 0 Å². The molecule has 0 radical (unpaired) electrons. The number of ether oxygens (including phenoxy) is 1. The minimum Gasteiger partial charge on any atom is -0.494 e. The molecule has 0 aliphatic heterocycles. The van der Waals surface area contributed by atoms with Crippen LogP contribution in [0.25, 0.3) is 0 Å². The molecule has 2 aromatic carbocycles. The molecule has 0 spiro atoms. The van der Waals surface area contributed by atoms with E-state index in [0.29, 0.717) is 12.4 Å². The van der Waals surface area contributed by atoms with Gasteiger partial charge in [-0.25, -0.2) is 8.42 Å². The minimum absolute atomic E-state index is 0.0467. The van der Waals surface area contributed by atoms with Crippen molar-refractivity contribution in [2.45, 2.75) is 26.4 Å². The largest absolute Gasteiger partial charge is 0.494 e. The highest BCUT2D eigenvalue weighted by Gasteiger charge is 2.29. The summed E-state index contributed by atoms with van der Waals surface area (Å²) in [6.07, 6.45) is 0.946. The summed E-state index contributed by atoms with van der Waals surface area (Å²) in [5.74, 6) is 0.181. The number of non-ortho nitro benzene ring substituents is 1. The minimum atomic E-state index is -3.87. The fourth-order valence-corrected chi connectivity index (χ4v) is 3.93. The standard InChI is InChI=1S/C19H23N3O6S/c1-4-28-18-10-8-15(9-11-18)13-20-19(23)14(2)21(29(3,26)27)16-6-5-7-17(12-16)22(24)25/h5-12,14H,4,13H2,1-3H3,(H,20,23)/t14-/m0/s1. The number of anilines is 1. The van der Waals surface area contributed by atoms with Crippen LogP contribution in [-0.4, -0.2) is 38.2 Å². The Morgan fingerprint density at radius 1 is 1.24 bits per heavy atom. The van der Waals surface area contributed by atoms with Crippen LogP contribution in [0, 0.1) is 10.1 Å². The molecule has 10 heteroatoms. The third-order valence-electron chi connectivity index (χ3n) is 4.08. The first-order valence-electron chi connectivity index (χ1n) is 8.86. The molecule has 156 valence electrons. The van der Waals surface area contributed by atoms with Crippen molar-refractivity contribution in [1.29, 1.82) is 0 Å². The summed E-state index contributed by atoms with van der Waals surface area (Å²) >= 11 is 0. The van der Waals surface area contributed by atoms with Crippen LogP contribution in [0.5, 0.6) is 5.75 Å². The Bertz CT molecular complexity index is 976. The van der Waals surface area contributed by atoms with E-state index in [0.717, 1.165) is 22.2 Å². The van der Waals surface area contributed by atoms with Crippen molar-refractivity contribution in [2.75, 3.05) is 17.2 Å². The number of amides is 1. The summed E-state index contributed by atoms with van der Waals surface area (Å²) in [7, 11) is -3.87. The fraction of sp³-hybridized carbons (Fsp3) is 0.316. The summed E-state index contributed by atoms with van der Waals surface area (Å²) in [5.41, 5.74) is 0.596. The molecule has 0 aliphatic rings. The molecule has 0 bridgehead atoms. The molecule has 2 rings (SSSR count). The van der Waals surface area contributed by atoms with Gasteiger partial charge in [0.05, 0.1) is 23.5 Å². The van der Waals surface area contributed by atoms with Gasteiger partial charge in [0.2, 0.25) is 15.9 Å². The van der Waals surface area contributed by atoms with Gasteiger partial charge < -0.3 is 10.1 Å². The van der Waals surface area contributed by atoms with Gasteiger partial charge in [-0.3, -0.25) is 19.2 Å². The van der Waals surface area contributed by atoms with Gasteiger partial charge in [0, 0.05) is 18.7 Å². The molecule has 0 saturated carbocycles. The summed E-state index contributed by atoms with van der Waals surface area (Å²) in [6, 6.07) is 11.2. The first-order chi connectivity index (χ1) is 13.6. The number of carbonyl (C=O) groups excluding carboxylic acids is 1. The molecule has 9 nitrogen and oxygen atoms in total. The second-order valence-electron chi connectivity index (χ2n) is 6.31. The van der Waals surface area contributed by atoms with E-state index in [9.17, 15) is 23.3 Å². The fourth-order valence-electron chi connectivity index (χ4n) is 2.76. The van der Waals surface area contributed by atoms with Crippen LogP contribution in [-0.2, 0) is 21.4 Å². The normalized spacial score (nSPS) is 12.1. The van der Waals surface area contributed by atoms with Gasteiger partial charge in [0.15, 0.2) is 0 Å². The van der Waals surface area contributed by atoms with Crippen molar-refractivity contribution in [1.82, 2.24) is 5.32 Å². The average molecular weight is 421 g/mol. The van der Waals surface area contributed by atoms with Crippen molar-refractivity contribution in [3.63, 3.8) is 0 Å². The molecular weight excluding hydrogens is 398 g/mol. The SMILES string of the molecule is CCOc1ccc(CNC(=O)[C@H](C)N(c2cccc([N+](=O)[O-])c2)S(C)(=O)=O)cc1. The second-order valence-corrected chi connectivity index (χ2v) is 8.17. The van der Waals surface area contributed by atoms with Crippen LogP contribution in [0.2, 0.25) is 0 Å². The molecule has 0 fully saturated rings. The van der Waals surface area contributed by atoms with Crippen molar-refractivity contribution >= 4 is 27.3 Å². The van der Waals surface area contributed by atoms with E-state index in [1.165, 1.54) is 25.1 Å². The maximum atomic E-state index is 12.6. The highest BCUT2D eigenvalue weighted by Crippen LogP contribution is 2.25. The third-order valence-corrected chi connectivity index (χ3v) is 5.33. The molecule has 0 saturated heterocycles. The smallest absolute Gasteiger partial charge is 0.271 e. The van der Waals surface area contributed by atoms with Gasteiger partial charge in [-0.05, 0) is 37.6 Å². The quantitative estimate of drug-likeness (QED) is 0.491. The number of rotatable bonds is 9. The molecule has 2 aromatic rings. The van der Waals surface area contributed by atoms with Gasteiger partial charge >= 0.3 is 0 Å². The Kier molecular flexibility index (Phi) is 7.16. The predicted octanol–water partition coefficient (Wildman–Crippen LogP) is 2.46. The lowest BCUT2D eigenvalue weighted by molar-refractivity contribution is -0.384. The van der Waals surface area contributed by atoms with E-state index < -0.39 is 26.9 Å². The lowest BCUT2D eigenvalue weighted by Gasteiger charge is -2.28. The van der Waals surface area contributed by atoms with Crippen LogP contribution >= 0.6 is 0 Å². The average Bonchev–Trinajstić information content (AvgIpc) is 2.66. The van der Waals surface area contributed by atoms with E-state index >= 15 is 0 Å². The Labute approximate surface area is 169 Å². The zero-order valence-electron chi connectivity index (χ0n) is 16.4. The molecule has 1 N–H and O–H groups in total. The van der Waals surface area contributed by atoms with Crippen LogP contribution in [0.15, 0.2) is 48.5 Å². The topological polar surface area (TPSA) is 119 Å². The van der Waals surface area contributed by atoms with Crippen LogP contribution in [0.3, 0.4) is 0 Å². The van der Waals surface area contributed by atoms with E-state index in [1.54, 1.807) is 24.3 Å². The number of sulfonamides is 1. The Hall–Kier alpha value is -3.14. The third kappa shape index (κ3) is 5.92. The highest BCUT2D eigenvalue weighted by molar-refractivity contribution is 7.92. The van der Waals surface area contributed by atoms with Gasteiger partial charge in [0.1, 0.15) is 11.8 Å². The number of hydrogen-bond donors (Lipinski definition) is 1. The summed E-state index contributed by atoms with van der Waals surface area (Å²) < 4.78 is 30.8. The zero-order chi connectivity index (χ0) is 21.6. The lowest BCUT2D eigenvalue weighted by atomic mass is 10.2. The summed E-state index contributed by atoms with van der Waals surface area (Å²) in [6.45, 7) is 4.05. The number of nitro benzene ring substituents is 1. The summed E-state index contributed by atoms with van der Waals surface area (Å²) in [5, 5.41) is 13.7. The molecule has 1 amide bonds. The zero-order valence-corrected chi connectivity index (χ0v) is 17.2. The maximum absolute atomic E-state index is 12.6. The van der Waals surface area contributed by atoms with E-state index in [1.807, 2.05) is 6.92 Å². The van der Waals surface area contributed by atoms with Crippen LogP contribution in [0.1, 0.15) is 19.4 Å². The van der Waals surface area contributed by atoms with Crippen LogP contribution in [0.4, 0.5) is 11.4 Å². The Balaban J connectivity index is 2.16. The first-order valence-corrected chi connectivity index (χ1v) is 10.7. The monoisotopic (exact) mass is 421 g/mol. The number of hydrogen-bond acceptors (Lipinski definition) is 6. The molecule has 1 atom stereocenters. The highest BCUT2D eigenvalue weighted by atomic mass is 32.2. The predicted molar refractivity (Wildman–Crippen MR) is 109 cm³/mol. The Morgan fingerprint density at radius 2 is 1.90 bits per heavy atom. The van der Waals surface area contributed by atoms with Gasteiger partial charge in [0.25, 0.3) is 5.69 Å². The maximum Gasteiger partial charge on any atom is 0.271 e. The number of nitrogens with zero attached hydrogens (tertiary/aromatic N) is 2. The molecule has 0 unspecified atom stereocenters. The van der Waals surface area contributed by atoms with Crippen molar-refractivity contribution in [3.8, 4) is 5.75 Å². The Morgan fingerprint density at radius 3 is 2.45 bits per heavy atom. The molecule has 0 heterocycles. The number of benzene rings is 2. The second kappa shape index (κ2) is 9.37.